The van der Waals surface area contributed by atoms with E-state index >= 15 is 0 Å². The van der Waals surface area contributed by atoms with Gasteiger partial charge in [0.2, 0.25) is 5.91 Å². The van der Waals surface area contributed by atoms with E-state index in [1.54, 1.807) is 24.3 Å². The van der Waals surface area contributed by atoms with Gasteiger partial charge in [0.25, 0.3) is 0 Å². The molecule has 1 amide bonds. The zero-order chi connectivity index (χ0) is 20.2. The Kier molecular flexibility index (Phi) is 5.55. The van der Waals surface area contributed by atoms with Crippen molar-refractivity contribution in [1.29, 1.82) is 0 Å². The fourth-order valence-electron chi connectivity index (χ4n) is 3.58. The van der Waals surface area contributed by atoms with Crippen LogP contribution >= 0.6 is 0 Å². The number of benzene rings is 2. The third-order valence-corrected chi connectivity index (χ3v) is 5.19. The average Bonchev–Trinajstić information content (AvgIpc) is 3.22. The molecule has 0 bridgehead atoms. The van der Waals surface area contributed by atoms with Gasteiger partial charge in [-0.1, -0.05) is 17.3 Å². The van der Waals surface area contributed by atoms with Crippen LogP contribution in [0, 0.1) is 11.6 Å². The summed E-state index contributed by atoms with van der Waals surface area (Å²) < 4.78 is 32.1. The third-order valence-electron chi connectivity index (χ3n) is 5.19. The number of para-hydroxylation sites is 1. The van der Waals surface area contributed by atoms with Crippen LogP contribution < -0.4 is 4.90 Å². The van der Waals surface area contributed by atoms with Crippen LogP contribution in [-0.4, -0.2) is 42.1 Å². The Labute approximate surface area is 167 Å². The van der Waals surface area contributed by atoms with Crippen molar-refractivity contribution in [2.75, 3.05) is 31.1 Å². The Morgan fingerprint density at radius 2 is 1.72 bits per heavy atom. The standard InChI is InChI=1S/C22H21F2N3O2/c23-18-8-5-16(6-9-18)22-17(15-29-25-22)7-10-21(28)27-13-11-26(12-14-27)20-4-2-1-3-19(20)24/h1-6,8-9,15H,7,10-14H2. The Hall–Kier alpha value is -3.22. The second kappa shape index (κ2) is 8.43. The molecule has 1 fully saturated rings. The third kappa shape index (κ3) is 4.29. The number of piperazine rings is 1. The molecule has 0 N–H and O–H groups in total. The van der Waals surface area contributed by atoms with Crippen molar-refractivity contribution in [1.82, 2.24) is 10.1 Å². The minimum absolute atomic E-state index is 0.0458. The maximum atomic E-state index is 13.9. The van der Waals surface area contributed by atoms with Crippen molar-refractivity contribution < 1.29 is 18.1 Å². The Morgan fingerprint density at radius 3 is 2.45 bits per heavy atom. The van der Waals surface area contributed by atoms with E-state index < -0.39 is 0 Å². The summed E-state index contributed by atoms with van der Waals surface area (Å²) >= 11 is 0. The molecule has 2 heterocycles. The summed E-state index contributed by atoms with van der Waals surface area (Å²) in [6.07, 6.45) is 2.35. The Bertz CT molecular complexity index is 980. The minimum atomic E-state index is -0.316. The molecule has 7 heteroatoms. The highest BCUT2D eigenvalue weighted by Crippen LogP contribution is 2.24. The smallest absolute Gasteiger partial charge is 0.223 e. The molecule has 0 radical (unpaired) electrons. The van der Waals surface area contributed by atoms with Gasteiger partial charge in [0.15, 0.2) is 0 Å². The number of halogens is 2. The lowest BCUT2D eigenvalue weighted by molar-refractivity contribution is -0.131. The number of rotatable bonds is 5. The molecule has 0 unspecified atom stereocenters. The van der Waals surface area contributed by atoms with Crippen LogP contribution in [0.1, 0.15) is 12.0 Å². The van der Waals surface area contributed by atoms with E-state index in [9.17, 15) is 13.6 Å². The number of hydrogen-bond acceptors (Lipinski definition) is 4. The predicted molar refractivity (Wildman–Crippen MR) is 105 cm³/mol. The molecule has 0 spiro atoms. The number of aryl methyl sites for hydroxylation is 1. The summed E-state index contributed by atoms with van der Waals surface area (Å²) in [4.78, 5) is 16.4. The normalized spacial score (nSPS) is 14.3. The zero-order valence-corrected chi connectivity index (χ0v) is 15.9. The van der Waals surface area contributed by atoms with Gasteiger partial charge in [0, 0.05) is 43.7 Å². The van der Waals surface area contributed by atoms with Gasteiger partial charge in [-0.05, 0) is 42.8 Å². The second-order valence-corrected chi connectivity index (χ2v) is 7.01. The van der Waals surface area contributed by atoms with Gasteiger partial charge in [-0.25, -0.2) is 8.78 Å². The van der Waals surface area contributed by atoms with E-state index in [1.807, 2.05) is 15.9 Å². The summed E-state index contributed by atoms with van der Waals surface area (Å²) in [7, 11) is 0. The van der Waals surface area contributed by atoms with Crippen molar-refractivity contribution >= 4 is 11.6 Å². The van der Waals surface area contributed by atoms with Gasteiger partial charge in [0.05, 0.1) is 5.69 Å². The van der Waals surface area contributed by atoms with E-state index in [0.717, 1.165) is 11.1 Å². The zero-order valence-electron chi connectivity index (χ0n) is 15.9. The van der Waals surface area contributed by atoms with Crippen LogP contribution in [0.25, 0.3) is 11.3 Å². The summed E-state index contributed by atoms with van der Waals surface area (Å²) in [5.74, 6) is -0.513. The molecule has 0 aliphatic carbocycles. The number of aromatic nitrogens is 1. The van der Waals surface area contributed by atoms with Crippen molar-refractivity contribution in [2.24, 2.45) is 0 Å². The molecule has 150 valence electrons. The van der Waals surface area contributed by atoms with Gasteiger partial charge >= 0.3 is 0 Å². The van der Waals surface area contributed by atoms with E-state index in [-0.39, 0.29) is 17.5 Å². The van der Waals surface area contributed by atoms with Crippen LogP contribution in [0.5, 0.6) is 0 Å². The molecular weight excluding hydrogens is 376 g/mol. The Balaban J connectivity index is 1.33. The highest BCUT2D eigenvalue weighted by molar-refractivity contribution is 5.77. The van der Waals surface area contributed by atoms with Crippen molar-refractivity contribution in [3.63, 3.8) is 0 Å². The number of nitrogens with zero attached hydrogens (tertiary/aromatic N) is 3. The van der Waals surface area contributed by atoms with Gasteiger partial charge in [0.1, 0.15) is 23.6 Å². The van der Waals surface area contributed by atoms with E-state index in [0.29, 0.717) is 50.4 Å². The fourth-order valence-corrected chi connectivity index (χ4v) is 3.58. The van der Waals surface area contributed by atoms with Crippen LogP contribution in [0.2, 0.25) is 0 Å². The first-order valence-corrected chi connectivity index (χ1v) is 9.58. The van der Waals surface area contributed by atoms with E-state index in [1.165, 1.54) is 24.5 Å². The molecule has 1 saturated heterocycles. The largest absolute Gasteiger partial charge is 0.366 e. The summed E-state index contributed by atoms with van der Waals surface area (Å²) in [5.41, 5.74) is 2.77. The maximum Gasteiger partial charge on any atom is 0.223 e. The highest BCUT2D eigenvalue weighted by atomic mass is 19.1. The first-order valence-electron chi connectivity index (χ1n) is 9.58. The number of carbonyl (C=O) groups is 1. The first-order chi connectivity index (χ1) is 14.1. The molecule has 3 aromatic rings. The predicted octanol–water partition coefficient (Wildman–Crippen LogP) is 3.90. The monoisotopic (exact) mass is 397 g/mol. The molecule has 0 atom stereocenters. The van der Waals surface area contributed by atoms with Crippen LogP contribution in [0.15, 0.2) is 59.3 Å². The fraction of sp³-hybridized carbons (Fsp3) is 0.273. The molecule has 1 aliphatic heterocycles. The Morgan fingerprint density at radius 1 is 1.00 bits per heavy atom. The van der Waals surface area contributed by atoms with Crippen LogP contribution in [0.4, 0.5) is 14.5 Å². The lowest BCUT2D eigenvalue weighted by atomic mass is 10.0. The summed E-state index contributed by atoms with van der Waals surface area (Å²) in [6.45, 7) is 2.31. The average molecular weight is 397 g/mol. The number of carbonyl (C=O) groups excluding carboxylic acids is 1. The van der Waals surface area contributed by atoms with E-state index in [2.05, 4.69) is 5.16 Å². The molecule has 5 nitrogen and oxygen atoms in total. The topological polar surface area (TPSA) is 49.6 Å². The molecule has 0 saturated carbocycles. The molecular formula is C22H21F2N3O2. The van der Waals surface area contributed by atoms with Gasteiger partial charge in [-0.3, -0.25) is 4.79 Å². The molecule has 4 rings (SSSR count). The molecule has 1 aliphatic rings. The molecule has 29 heavy (non-hydrogen) atoms. The van der Waals surface area contributed by atoms with Gasteiger partial charge in [-0.2, -0.15) is 0 Å². The number of amides is 1. The number of anilines is 1. The minimum Gasteiger partial charge on any atom is -0.366 e. The molecule has 1 aromatic heterocycles. The van der Waals surface area contributed by atoms with Gasteiger partial charge in [-0.15, -0.1) is 0 Å². The van der Waals surface area contributed by atoms with Gasteiger partial charge < -0.3 is 14.3 Å². The SMILES string of the molecule is O=C(CCc1conc1-c1ccc(F)cc1)N1CCN(c2ccccc2F)CC1. The second-order valence-electron chi connectivity index (χ2n) is 7.01. The summed E-state index contributed by atoms with van der Waals surface area (Å²) in [6, 6.07) is 12.7. The van der Waals surface area contributed by atoms with E-state index in [4.69, 9.17) is 4.52 Å². The summed E-state index contributed by atoms with van der Waals surface area (Å²) in [5, 5.41) is 3.99. The van der Waals surface area contributed by atoms with Crippen LogP contribution in [0.3, 0.4) is 0 Å². The first kappa shape index (κ1) is 19.1. The van der Waals surface area contributed by atoms with Crippen molar-refractivity contribution in [2.45, 2.75) is 12.8 Å². The van der Waals surface area contributed by atoms with Crippen molar-refractivity contribution in [3.05, 3.63) is 72.0 Å². The quantitative estimate of drug-likeness (QED) is 0.655. The maximum absolute atomic E-state index is 13.9. The lowest BCUT2D eigenvalue weighted by Gasteiger charge is -2.36. The molecule has 2 aromatic carbocycles. The highest BCUT2D eigenvalue weighted by Gasteiger charge is 2.23. The lowest BCUT2D eigenvalue weighted by Crippen LogP contribution is -2.49. The number of hydrogen-bond donors (Lipinski definition) is 0. The van der Waals surface area contributed by atoms with Crippen LogP contribution in [-0.2, 0) is 11.2 Å². The van der Waals surface area contributed by atoms with Crippen molar-refractivity contribution in [3.8, 4) is 11.3 Å².